The van der Waals surface area contributed by atoms with Crippen molar-refractivity contribution in [3.05, 3.63) is 22.3 Å². The molecule has 13 heavy (non-hydrogen) atoms. The summed E-state index contributed by atoms with van der Waals surface area (Å²) in [4.78, 5) is 3.68. The number of nitrogens with zero attached hydrogens (tertiary/aromatic N) is 1. The van der Waals surface area contributed by atoms with Crippen LogP contribution in [0.25, 0.3) is 0 Å². The third-order valence-corrected chi connectivity index (χ3v) is 2.42. The Hall–Kier alpha value is -0.420. The molecule has 6 heteroatoms. The Morgan fingerprint density at radius 2 is 2.23 bits per heavy atom. The second-order valence-corrected chi connectivity index (χ2v) is 3.29. The molecule has 0 amide bonds. The number of hydrogen-bond acceptors (Lipinski definition) is 2. The smallest absolute Gasteiger partial charge is 0.265 e. The van der Waals surface area contributed by atoms with E-state index in [9.17, 15) is 8.78 Å². The summed E-state index contributed by atoms with van der Waals surface area (Å²) in [6.45, 7) is 0. The van der Waals surface area contributed by atoms with Crippen molar-refractivity contribution in [3.8, 4) is 0 Å². The molecule has 2 nitrogen and oxygen atoms in total. The van der Waals surface area contributed by atoms with Crippen LogP contribution >= 0.6 is 27.5 Å². The zero-order valence-corrected chi connectivity index (χ0v) is 8.74. The van der Waals surface area contributed by atoms with E-state index in [1.54, 1.807) is 0 Å². The third kappa shape index (κ3) is 2.08. The van der Waals surface area contributed by atoms with Crippen molar-refractivity contribution in [2.75, 3.05) is 5.73 Å². The van der Waals surface area contributed by atoms with Gasteiger partial charge in [0.25, 0.3) is 6.43 Å². The Bertz CT molecular complexity index is 320. The van der Waals surface area contributed by atoms with Gasteiger partial charge < -0.3 is 5.73 Å². The number of halogens is 4. The van der Waals surface area contributed by atoms with Gasteiger partial charge in [0, 0.05) is 22.7 Å². The standard InChI is InChI=1S/C7H6BrClF2N2/c8-1-3-5(6(10)11)4(9)2-13-7(3)12/h2,6H,1H2,(H2,12,13). The van der Waals surface area contributed by atoms with E-state index in [1.165, 1.54) is 0 Å². The molecule has 0 fully saturated rings. The van der Waals surface area contributed by atoms with E-state index in [-0.39, 0.29) is 27.3 Å². The summed E-state index contributed by atoms with van der Waals surface area (Å²) in [7, 11) is 0. The predicted octanol–water partition coefficient (Wildman–Crippen LogP) is 3.15. The molecule has 0 atom stereocenters. The van der Waals surface area contributed by atoms with Crippen molar-refractivity contribution in [1.82, 2.24) is 4.98 Å². The van der Waals surface area contributed by atoms with Crippen molar-refractivity contribution < 1.29 is 8.78 Å². The quantitative estimate of drug-likeness (QED) is 0.839. The van der Waals surface area contributed by atoms with E-state index in [4.69, 9.17) is 17.3 Å². The van der Waals surface area contributed by atoms with Gasteiger partial charge in [-0.25, -0.2) is 13.8 Å². The molecule has 1 rings (SSSR count). The highest BCUT2D eigenvalue weighted by molar-refractivity contribution is 9.08. The molecular formula is C7H6BrClF2N2. The van der Waals surface area contributed by atoms with Crippen LogP contribution in [0.2, 0.25) is 5.02 Å². The SMILES string of the molecule is Nc1ncc(Cl)c(C(F)F)c1CBr. The average Bonchev–Trinajstić information content (AvgIpc) is 2.07. The van der Waals surface area contributed by atoms with Crippen molar-refractivity contribution in [2.24, 2.45) is 0 Å². The fraction of sp³-hybridized carbons (Fsp3) is 0.286. The first-order valence-electron chi connectivity index (χ1n) is 3.34. The maximum absolute atomic E-state index is 12.5. The highest BCUT2D eigenvalue weighted by Gasteiger charge is 2.19. The minimum atomic E-state index is -2.63. The van der Waals surface area contributed by atoms with E-state index < -0.39 is 6.43 Å². The van der Waals surface area contributed by atoms with Crippen LogP contribution in [0.3, 0.4) is 0 Å². The van der Waals surface area contributed by atoms with E-state index in [2.05, 4.69) is 20.9 Å². The van der Waals surface area contributed by atoms with E-state index in [0.29, 0.717) is 0 Å². The largest absolute Gasteiger partial charge is 0.383 e. The van der Waals surface area contributed by atoms with E-state index in [0.717, 1.165) is 6.20 Å². The number of hydrogen-bond donors (Lipinski definition) is 1. The minimum absolute atomic E-state index is 0.0568. The number of nitrogens with two attached hydrogens (primary N) is 1. The first kappa shape index (κ1) is 10.7. The number of anilines is 1. The average molecular weight is 271 g/mol. The summed E-state index contributed by atoms with van der Waals surface area (Å²) in [5.41, 5.74) is 5.41. The first-order chi connectivity index (χ1) is 6.07. The minimum Gasteiger partial charge on any atom is -0.383 e. The normalized spacial score (nSPS) is 10.8. The van der Waals surface area contributed by atoms with Gasteiger partial charge in [0.1, 0.15) is 5.82 Å². The van der Waals surface area contributed by atoms with Gasteiger partial charge in [-0.1, -0.05) is 27.5 Å². The molecule has 0 bridgehead atoms. The maximum atomic E-state index is 12.5. The summed E-state index contributed by atoms with van der Waals surface area (Å²) in [5.74, 6) is 0.0802. The number of alkyl halides is 3. The molecule has 0 aliphatic carbocycles. The molecule has 0 aliphatic heterocycles. The lowest BCUT2D eigenvalue weighted by Gasteiger charge is -2.09. The number of nitrogen functional groups attached to an aromatic ring is 1. The molecule has 0 aromatic carbocycles. The summed E-state index contributed by atoms with van der Waals surface area (Å²) in [5, 5.41) is 0.158. The first-order valence-corrected chi connectivity index (χ1v) is 4.84. The van der Waals surface area contributed by atoms with Gasteiger partial charge in [-0.2, -0.15) is 0 Å². The van der Waals surface area contributed by atoms with Crippen LogP contribution in [0.4, 0.5) is 14.6 Å². The fourth-order valence-electron chi connectivity index (χ4n) is 0.932. The van der Waals surface area contributed by atoms with Crippen LogP contribution in [-0.4, -0.2) is 4.98 Å². The van der Waals surface area contributed by atoms with Gasteiger partial charge in [0.2, 0.25) is 0 Å². The molecule has 2 N–H and O–H groups in total. The van der Waals surface area contributed by atoms with Crippen molar-refractivity contribution in [2.45, 2.75) is 11.8 Å². The van der Waals surface area contributed by atoms with Gasteiger partial charge in [-0.3, -0.25) is 0 Å². The molecule has 0 unspecified atom stereocenters. The molecule has 72 valence electrons. The lowest BCUT2D eigenvalue weighted by molar-refractivity contribution is 0.150. The van der Waals surface area contributed by atoms with Crippen LogP contribution < -0.4 is 5.73 Å². The summed E-state index contributed by atoms with van der Waals surface area (Å²) >= 11 is 8.61. The summed E-state index contributed by atoms with van der Waals surface area (Å²) < 4.78 is 24.9. The fourth-order valence-corrected chi connectivity index (χ4v) is 1.77. The summed E-state index contributed by atoms with van der Waals surface area (Å²) in [6.07, 6.45) is -1.50. The van der Waals surface area contributed by atoms with Crippen LogP contribution in [0, 0.1) is 0 Å². The van der Waals surface area contributed by atoms with Gasteiger partial charge in [0.15, 0.2) is 0 Å². The van der Waals surface area contributed by atoms with Gasteiger partial charge in [-0.05, 0) is 0 Å². The van der Waals surface area contributed by atoms with Gasteiger partial charge in [0.05, 0.1) is 5.02 Å². The van der Waals surface area contributed by atoms with Crippen LogP contribution in [0.5, 0.6) is 0 Å². The Balaban J connectivity index is 3.35. The number of pyridine rings is 1. The van der Waals surface area contributed by atoms with Gasteiger partial charge >= 0.3 is 0 Å². The molecule has 0 saturated heterocycles. The highest BCUT2D eigenvalue weighted by atomic mass is 79.9. The molecule has 1 aromatic rings. The molecule has 1 heterocycles. The van der Waals surface area contributed by atoms with Gasteiger partial charge in [-0.15, -0.1) is 0 Å². The molecule has 0 saturated carbocycles. The zero-order valence-electron chi connectivity index (χ0n) is 6.40. The Labute approximate surface area is 87.2 Å². The number of aromatic nitrogens is 1. The number of rotatable bonds is 2. The van der Waals surface area contributed by atoms with Crippen LogP contribution in [0.1, 0.15) is 17.6 Å². The van der Waals surface area contributed by atoms with Crippen molar-refractivity contribution >= 4 is 33.3 Å². The monoisotopic (exact) mass is 270 g/mol. The second kappa shape index (κ2) is 4.19. The van der Waals surface area contributed by atoms with E-state index >= 15 is 0 Å². The molecule has 1 aromatic heterocycles. The van der Waals surface area contributed by atoms with Crippen molar-refractivity contribution in [1.29, 1.82) is 0 Å². The lowest BCUT2D eigenvalue weighted by atomic mass is 10.1. The zero-order chi connectivity index (χ0) is 10.0. The Morgan fingerprint density at radius 1 is 1.62 bits per heavy atom. The van der Waals surface area contributed by atoms with Crippen molar-refractivity contribution in [3.63, 3.8) is 0 Å². The van der Waals surface area contributed by atoms with E-state index in [1.807, 2.05) is 0 Å². The Morgan fingerprint density at radius 3 is 2.62 bits per heavy atom. The molecule has 0 aliphatic rings. The second-order valence-electron chi connectivity index (χ2n) is 2.32. The molecule has 0 radical (unpaired) electrons. The Kier molecular flexibility index (Phi) is 3.44. The molecular weight excluding hydrogens is 265 g/mol. The third-order valence-electron chi connectivity index (χ3n) is 1.56. The predicted molar refractivity (Wildman–Crippen MR) is 51.2 cm³/mol. The maximum Gasteiger partial charge on any atom is 0.265 e. The highest BCUT2D eigenvalue weighted by Crippen LogP contribution is 2.33. The topological polar surface area (TPSA) is 38.9 Å². The summed E-state index contributed by atoms with van der Waals surface area (Å²) in [6, 6.07) is 0. The van der Waals surface area contributed by atoms with Crippen LogP contribution in [0.15, 0.2) is 6.20 Å². The molecule has 0 spiro atoms. The lowest BCUT2D eigenvalue weighted by Crippen LogP contribution is -2.02. The van der Waals surface area contributed by atoms with Crippen LogP contribution in [-0.2, 0) is 5.33 Å².